The highest BCUT2D eigenvalue weighted by molar-refractivity contribution is 4.74. The molecule has 1 saturated heterocycles. The zero-order chi connectivity index (χ0) is 5.98. The molecule has 1 unspecified atom stereocenters. The summed E-state index contributed by atoms with van der Waals surface area (Å²) in [7, 11) is 0. The van der Waals surface area contributed by atoms with Crippen LogP contribution in [0.2, 0.25) is 0 Å². The molecule has 1 radical (unpaired) electrons. The van der Waals surface area contributed by atoms with Crippen molar-refractivity contribution in [3.8, 4) is 0 Å². The summed E-state index contributed by atoms with van der Waals surface area (Å²) in [6.45, 7) is 6.39. The zero-order valence-electron chi connectivity index (χ0n) is 5.01. The van der Waals surface area contributed by atoms with Crippen molar-refractivity contribution < 1.29 is 5.11 Å². The molecule has 2 heteroatoms. The maximum Gasteiger partial charge on any atom is 0.0679 e. The predicted molar refractivity (Wildman–Crippen MR) is 32.4 cm³/mol. The maximum atomic E-state index is 8.96. The Morgan fingerprint density at radius 3 is 2.75 bits per heavy atom. The van der Waals surface area contributed by atoms with Crippen LogP contribution in [-0.4, -0.2) is 35.7 Å². The van der Waals surface area contributed by atoms with E-state index in [0.717, 1.165) is 26.1 Å². The molecule has 1 rings (SSSR count). The van der Waals surface area contributed by atoms with Crippen LogP contribution in [0.5, 0.6) is 0 Å². The van der Waals surface area contributed by atoms with Crippen LogP contribution in [0.4, 0.5) is 0 Å². The van der Waals surface area contributed by atoms with Crippen LogP contribution in [0.25, 0.3) is 0 Å². The molecule has 1 aliphatic rings. The van der Waals surface area contributed by atoms with Crippen LogP contribution in [0, 0.1) is 6.92 Å². The molecule has 1 atom stereocenters. The van der Waals surface area contributed by atoms with Gasteiger partial charge in [-0.1, -0.05) is 0 Å². The summed E-state index contributed by atoms with van der Waals surface area (Å²) in [6.07, 6.45) is 0.840. The second kappa shape index (κ2) is 2.46. The summed E-state index contributed by atoms with van der Waals surface area (Å²) in [4.78, 5) is 2.14. The van der Waals surface area contributed by atoms with Crippen molar-refractivity contribution in [3.63, 3.8) is 0 Å². The average Bonchev–Trinajstić information content (AvgIpc) is 2.14. The average molecular weight is 114 g/mol. The minimum Gasteiger partial charge on any atom is -0.392 e. The van der Waals surface area contributed by atoms with Gasteiger partial charge in [0.1, 0.15) is 0 Å². The fourth-order valence-electron chi connectivity index (χ4n) is 1.02. The van der Waals surface area contributed by atoms with Crippen molar-refractivity contribution >= 4 is 0 Å². The van der Waals surface area contributed by atoms with Gasteiger partial charge in [-0.2, -0.15) is 0 Å². The molecule has 1 aliphatic heterocycles. The van der Waals surface area contributed by atoms with E-state index in [1.165, 1.54) is 0 Å². The molecule has 0 spiro atoms. The van der Waals surface area contributed by atoms with Crippen LogP contribution < -0.4 is 0 Å². The molecule has 0 bridgehead atoms. The molecule has 1 fully saturated rings. The second-order valence-corrected chi connectivity index (χ2v) is 2.24. The Morgan fingerprint density at radius 1 is 1.75 bits per heavy atom. The van der Waals surface area contributed by atoms with Gasteiger partial charge in [0.15, 0.2) is 0 Å². The molecule has 1 N–H and O–H groups in total. The van der Waals surface area contributed by atoms with E-state index in [1.54, 1.807) is 0 Å². The first-order chi connectivity index (χ1) is 3.83. The molecule has 1 heterocycles. The summed E-state index contributed by atoms with van der Waals surface area (Å²) in [5, 5.41) is 8.96. The molecule has 0 aliphatic carbocycles. The Labute approximate surface area is 50.1 Å². The Balaban J connectivity index is 2.22. The van der Waals surface area contributed by atoms with Gasteiger partial charge < -0.3 is 10.0 Å². The number of nitrogens with zero attached hydrogens (tertiary/aromatic N) is 1. The third kappa shape index (κ3) is 1.20. The topological polar surface area (TPSA) is 23.5 Å². The molecule has 0 aromatic rings. The number of hydrogen-bond donors (Lipinski definition) is 1. The first-order valence-corrected chi connectivity index (χ1v) is 3.02. The Morgan fingerprint density at radius 2 is 2.50 bits per heavy atom. The minimum atomic E-state index is -0.0863. The van der Waals surface area contributed by atoms with Crippen molar-refractivity contribution in [2.45, 2.75) is 12.5 Å². The summed E-state index contributed by atoms with van der Waals surface area (Å²) in [6, 6.07) is 0. The van der Waals surface area contributed by atoms with Gasteiger partial charge in [0.25, 0.3) is 0 Å². The molecule has 0 amide bonds. The number of aliphatic hydroxyl groups excluding tert-OH is 1. The molecule has 0 aromatic heterocycles. The fourth-order valence-corrected chi connectivity index (χ4v) is 1.02. The van der Waals surface area contributed by atoms with E-state index in [4.69, 9.17) is 5.11 Å². The van der Waals surface area contributed by atoms with E-state index in [9.17, 15) is 0 Å². The molecule has 0 aromatic carbocycles. The standard InChI is InChI=1S/C6H12NO/c1-2-7-4-3-6(8)5-7/h6,8H,1-5H2. The van der Waals surface area contributed by atoms with E-state index >= 15 is 0 Å². The summed E-state index contributed by atoms with van der Waals surface area (Å²) in [5.74, 6) is 0. The number of β-amino-alcohol motifs (C(OH)–C–C–N with tert-alkyl or cyclic N) is 1. The molecular weight excluding hydrogens is 102 g/mol. The normalized spacial score (nSPS) is 31.5. The number of hydrogen-bond acceptors (Lipinski definition) is 2. The highest BCUT2D eigenvalue weighted by Crippen LogP contribution is 2.06. The van der Waals surface area contributed by atoms with Gasteiger partial charge in [-0.05, 0) is 19.9 Å². The third-order valence-electron chi connectivity index (χ3n) is 1.56. The highest BCUT2D eigenvalue weighted by atomic mass is 16.3. The lowest BCUT2D eigenvalue weighted by atomic mass is 10.3. The van der Waals surface area contributed by atoms with Gasteiger partial charge in [0.05, 0.1) is 6.10 Å². The van der Waals surface area contributed by atoms with E-state index in [1.807, 2.05) is 0 Å². The van der Waals surface area contributed by atoms with Gasteiger partial charge in [0.2, 0.25) is 0 Å². The summed E-state index contributed by atoms with van der Waals surface area (Å²) >= 11 is 0. The molecule has 2 nitrogen and oxygen atoms in total. The Kier molecular flexibility index (Phi) is 1.86. The van der Waals surface area contributed by atoms with Crippen LogP contribution >= 0.6 is 0 Å². The Hall–Kier alpha value is -0.0800. The number of aliphatic hydroxyl groups is 1. The fraction of sp³-hybridized carbons (Fsp3) is 0.833. The predicted octanol–water partition coefficient (Wildman–Crippen LogP) is -0.113. The van der Waals surface area contributed by atoms with Crippen LogP contribution in [0.1, 0.15) is 6.42 Å². The smallest absolute Gasteiger partial charge is 0.0679 e. The lowest BCUT2D eigenvalue weighted by Crippen LogP contribution is -2.21. The molecular formula is C6H12NO. The van der Waals surface area contributed by atoms with Crippen LogP contribution in [0.15, 0.2) is 0 Å². The van der Waals surface area contributed by atoms with Crippen molar-refractivity contribution in [2.75, 3.05) is 19.6 Å². The van der Waals surface area contributed by atoms with E-state index < -0.39 is 0 Å². The summed E-state index contributed by atoms with van der Waals surface area (Å²) in [5.41, 5.74) is 0. The molecule has 8 heavy (non-hydrogen) atoms. The SMILES string of the molecule is [CH2]CN1CCC(O)C1. The maximum absolute atomic E-state index is 8.96. The molecule has 0 saturated carbocycles. The van der Waals surface area contributed by atoms with Crippen molar-refractivity contribution in [2.24, 2.45) is 0 Å². The lowest BCUT2D eigenvalue weighted by molar-refractivity contribution is 0.179. The van der Waals surface area contributed by atoms with Gasteiger partial charge in [0, 0.05) is 13.1 Å². The first kappa shape index (κ1) is 6.05. The second-order valence-electron chi connectivity index (χ2n) is 2.24. The van der Waals surface area contributed by atoms with Gasteiger partial charge in [-0.15, -0.1) is 0 Å². The quantitative estimate of drug-likeness (QED) is 0.514. The van der Waals surface area contributed by atoms with E-state index in [0.29, 0.717) is 0 Å². The zero-order valence-corrected chi connectivity index (χ0v) is 5.01. The van der Waals surface area contributed by atoms with Gasteiger partial charge in [-0.3, -0.25) is 0 Å². The highest BCUT2D eigenvalue weighted by Gasteiger charge is 2.17. The van der Waals surface area contributed by atoms with Gasteiger partial charge >= 0.3 is 0 Å². The first-order valence-electron chi connectivity index (χ1n) is 3.02. The monoisotopic (exact) mass is 114 g/mol. The van der Waals surface area contributed by atoms with Crippen LogP contribution in [-0.2, 0) is 0 Å². The Bertz CT molecular complexity index is 74.9. The van der Waals surface area contributed by atoms with E-state index in [-0.39, 0.29) is 6.10 Å². The largest absolute Gasteiger partial charge is 0.392 e. The van der Waals surface area contributed by atoms with E-state index in [2.05, 4.69) is 11.8 Å². The van der Waals surface area contributed by atoms with Crippen molar-refractivity contribution in [1.82, 2.24) is 4.90 Å². The number of likely N-dealkylation sites (tertiary alicyclic amines) is 1. The lowest BCUT2D eigenvalue weighted by Gasteiger charge is -2.09. The third-order valence-corrected chi connectivity index (χ3v) is 1.56. The van der Waals surface area contributed by atoms with Crippen molar-refractivity contribution in [3.05, 3.63) is 6.92 Å². The molecule has 47 valence electrons. The summed E-state index contributed by atoms with van der Waals surface area (Å²) < 4.78 is 0. The van der Waals surface area contributed by atoms with Crippen molar-refractivity contribution in [1.29, 1.82) is 0 Å². The van der Waals surface area contributed by atoms with Gasteiger partial charge in [-0.25, -0.2) is 0 Å². The van der Waals surface area contributed by atoms with Crippen LogP contribution in [0.3, 0.4) is 0 Å². The minimum absolute atomic E-state index is 0.0863. The number of rotatable bonds is 1.